The second kappa shape index (κ2) is 4.25. The first kappa shape index (κ1) is 11.1. The zero-order valence-corrected chi connectivity index (χ0v) is 8.39. The summed E-state index contributed by atoms with van der Waals surface area (Å²) in [7, 11) is 0. The van der Waals surface area contributed by atoms with E-state index in [4.69, 9.17) is 5.11 Å². The molecule has 0 aliphatic rings. The predicted molar refractivity (Wildman–Crippen MR) is 54.3 cm³/mol. The van der Waals surface area contributed by atoms with Crippen molar-refractivity contribution in [2.24, 2.45) is 0 Å². The summed E-state index contributed by atoms with van der Waals surface area (Å²) in [5.74, 6) is -2.90. The Balaban J connectivity index is 2.53. The van der Waals surface area contributed by atoms with E-state index < -0.39 is 17.6 Å². The maximum absolute atomic E-state index is 13.4. The number of rotatable bonds is 2. The first-order valence-corrected chi connectivity index (χ1v) is 4.59. The summed E-state index contributed by atoms with van der Waals surface area (Å²) in [6, 6.07) is 4.08. The van der Waals surface area contributed by atoms with E-state index in [0.717, 1.165) is 12.1 Å². The molecular weight excluding hydrogens is 230 g/mol. The van der Waals surface area contributed by atoms with E-state index in [2.05, 4.69) is 9.97 Å². The van der Waals surface area contributed by atoms with Gasteiger partial charge in [-0.25, -0.2) is 23.5 Å². The lowest BCUT2D eigenvalue weighted by Crippen LogP contribution is -2.03. The molecular formula is C11H6F2N2O2. The van der Waals surface area contributed by atoms with Crippen LogP contribution in [-0.4, -0.2) is 21.0 Å². The third kappa shape index (κ3) is 2.25. The molecule has 2 aromatic rings. The van der Waals surface area contributed by atoms with Gasteiger partial charge in [0, 0.05) is 12.3 Å². The van der Waals surface area contributed by atoms with Gasteiger partial charge in [-0.15, -0.1) is 0 Å². The normalized spacial score (nSPS) is 10.2. The highest BCUT2D eigenvalue weighted by Gasteiger charge is 2.12. The highest BCUT2D eigenvalue weighted by Crippen LogP contribution is 2.19. The fourth-order valence-electron chi connectivity index (χ4n) is 1.28. The van der Waals surface area contributed by atoms with Crippen molar-refractivity contribution in [2.45, 2.75) is 0 Å². The van der Waals surface area contributed by atoms with Gasteiger partial charge in [-0.05, 0) is 18.2 Å². The van der Waals surface area contributed by atoms with E-state index in [1.54, 1.807) is 0 Å². The van der Waals surface area contributed by atoms with Crippen molar-refractivity contribution in [3.05, 3.63) is 47.8 Å². The lowest BCUT2D eigenvalue weighted by molar-refractivity contribution is 0.0690. The second-order valence-electron chi connectivity index (χ2n) is 3.19. The fourth-order valence-corrected chi connectivity index (χ4v) is 1.28. The van der Waals surface area contributed by atoms with E-state index in [1.807, 2.05) is 0 Å². The quantitative estimate of drug-likeness (QED) is 0.867. The number of aromatic nitrogens is 2. The fraction of sp³-hybridized carbons (Fsp3) is 0. The van der Waals surface area contributed by atoms with E-state index in [0.29, 0.717) is 6.07 Å². The van der Waals surface area contributed by atoms with Crippen LogP contribution in [0.4, 0.5) is 8.78 Å². The zero-order valence-electron chi connectivity index (χ0n) is 8.39. The van der Waals surface area contributed by atoms with Crippen LogP contribution >= 0.6 is 0 Å². The minimum Gasteiger partial charge on any atom is -0.477 e. The van der Waals surface area contributed by atoms with Crippen LogP contribution < -0.4 is 0 Å². The maximum atomic E-state index is 13.4. The number of hydrogen-bond donors (Lipinski definition) is 1. The number of nitrogens with zero attached hydrogens (tertiary/aromatic N) is 2. The molecule has 17 heavy (non-hydrogen) atoms. The largest absolute Gasteiger partial charge is 0.477 e. The Bertz CT molecular complexity index is 587. The Labute approximate surface area is 94.6 Å². The molecule has 0 aliphatic carbocycles. The minimum absolute atomic E-state index is 0.0468. The van der Waals surface area contributed by atoms with Gasteiger partial charge in [0.15, 0.2) is 11.5 Å². The first-order chi connectivity index (χ1) is 8.08. The van der Waals surface area contributed by atoms with Gasteiger partial charge in [0.25, 0.3) is 0 Å². The SMILES string of the molecule is O=C(O)c1ccnc(-c2ccc(F)cc2F)n1. The van der Waals surface area contributed by atoms with E-state index in [9.17, 15) is 13.6 Å². The van der Waals surface area contributed by atoms with Crippen molar-refractivity contribution in [1.82, 2.24) is 9.97 Å². The van der Waals surface area contributed by atoms with Gasteiger partial charge >= 0.3 is 5.97 Å². The number of halogens is 2. The van der Waals surface area contributed by atoms with Crippen LogP contribution in [0.3, 0.4) is 0 Å². The third-order valence-electron chi connectivity index (χ3n) is 2.05. The molecule has 1 N–H and O–H groups in total. The molecule has 0 spiro atoms. The molecule has 0 radical (unpaired) electrons. The van der Waals surface area contributed by atoms with Gasteiger partial charge in [0.2, 0.25) is 0 Å². The Morgan fingerprint density at radius 2 is 2.00 bits per heavy atom. The number of carbonyl (C=O) groups is 1. The Morgan fingerprint density at radius 3 is 2.65 bits per heavy atom. The van der Waals surface area contributed by atoms with Crippen LogP contribution in [0.2, 0.25) is 0 Å². The standard InChI is InChI=1S/C11H6F2N2O2/c12-6-1-2-7(8(13)5-6)10-14-4-3-9(15-10)11(16)17/h1-5H,(H,16,17). The van der Waals surface area contributed by atoms with Crippen LogP contribution in [-0.2, 0) is 0 Å². The van der Waals surface area contributed by atoms with Gasteiger partial charge in [-0.3, -0.25) is 0 Å². The second-order valence-corrected chi connectivity index (χ2v) is 3.19. The summed E-state index contributed by atoms with van der Waals surface area (Å²) in [6.07, 6.45) is 1.20. The monoisotopic (exact) mass is 236 g/mol. The Hall–Kier alpha value is -2.37. The minimum atomic E-state index is -1.24. The number of hydrogen-bond acceptors (Lipinski definition) is 3. The number of carboxylic acids is 1. The third-order valence-corrected chi connectivity index (χ3v) is 2.05. The highest BCUT2D eigenvalue weighted by atomic mass is 19.1. The molecule has 1 aromatic heterocycles. The van der Waals surface area contributed by atoms with Crippen molar-refractivity contribution in [3.63, 3.8) is 0 Å². The molecule has 0 saturated heterocycles. The van der Waals surface area contributed by atoms with Crippen molar-refractivity contribution in [3.8, 4) is 11.4 Å². The first-order valence-electron chi connectivity index (χ1n) is 4.59. The molecule has 0 fully saturated rings. The van der Waals surface area contributed by atoms with Crippen molar-refractivity contribution < 1.29 is 18.7 Å². The van der Waals surface area contributed by atoms with Crippen LogP contribution in [0, 0.1) is 11.6 Å². The lowest BCUT2D eigenvalue weighted by Gasteiger charge is -2.02. The number of aromatic carboxylic acids is 1. The molecule has 0 saturated carbocycles. The van der Waals surface area contributed by atoms with E-state index >= 15 is 0 Å². The molecule has 0 aliphatic heterocycles. The van der Waals surface area contributed by atoms with Crippen LogP contribution in [0.25, 0.3) is 11.4 Å². The molecule has 0 amide bonds. The average Bonchev–Trinajstić information content (AvgIpc) is 2.29. The zero-order chi connectivity index (χ0) is 12.4. The lowest BCUT2D eigenvalue weighted by atomic mass is 10.2. The van der Waals surface area contributed by atoms with Gasteiger partial charge < -0.3 is 5.11 Å². The smallest absolute Gasteiger partial charge is 0.354 e. The number of benzene rings is 1. The molecule has 1 aromatic carbocycles. The molecule has 86 valence electrons. The topological polar surface area (TPSA) is 63.1 Å². The summed E-state index contributed by atoms with van der Waals surface area (Å²) in [5, 5.41) is 8.73. The van der Waals surface area contributed by atoms with E-state index in [1.165, 1.54) is 12.3 Å². The summed E-state index contributed by atoms with van der Waals surface area (Å²) < 4.78 is 26.1. The summed E-state index contributed by atoms with van der Waals surface area (Å²) >= 11 is 0. The van der Waals surface area contributed by atoms with Crippen LogP contribution in [0.5, 0.6) is 0 Å². The Morgan fingerprint density at radius 1 is 1.24 bits per heavy atom. The average molecular weight is 236 g/mol. The van der Waals surface area contributed by atoms with Gasteiger partial charge in [0.05, 0.1) is 5.56 Å². The van der Waals surface area contributed by atoms with E-state index in [-0.39, 0.29) is 17.1 Å². The van der Waals surface area contributed by atoms with Crippen LogP contribution in [0.15, 0.2) is 30.5 Å². The van der Waals surface area contributed by atoms with Crippen molar-refractivity contribution in [2.75, 3.05) is 0 Å². The Kier molecular flexibility index (Phi) is 2.78. The molecule has 2 rings (SSSR count). The summed E-state index contributed by atoms with van der Waals surface area (Å²) in [6.45, 7) is 0. The molecule has 4 nitrogen and oxygen atoms in total. The molecule has 1 heterocycles. The van der Waals surface area contributed by atoms with Crippen molar-refractivity contribution in [1.29, 1.82) is 0 Å². The summed E-state index contributed by atoms with van der Waals surface area (Å²) in [5.41, 5.74) is -0.298. The maximum Gasteiger partial charge on any atom is 0.354 e. The highest BCUT2D eigenvalue weighted by molar-refractivity contribution is 5.85. The molecule has 0 atom stereocenters. The molecule has 0 bridgehead atoms. The van der Waals surface area contributed by atoms with Gasteiger partial charge in [-0.2, -0.15) is 0 Å². The van der Waals surface area contributed by atoms with Crippen LogP contribution in [0.1, 0.15) is 10.5 Å². The summed E-state index contributed by atoms with van der Waals surface area (Å²) in [4.78, 5) is 18.1. The van der Waals surface area contributed by atoms with Crippen molar-refractivity contribution >= 4 is 5.97 Å². The predicted octanol–water partition coefficient (Wildman–Crippen LogP) is 2.12. The molecule has 0 unspecified atom stereocenters. The number of carboxylic acid groups (broad SMARTS) is 1. The van der Waals surface area contributed by atoms with Gasteiger partial charge in [-0.1, -0.05) is 0 Å². The molecule has 6 heteroatoms. The van der Waals surface area contributed by atoms with Gasteiger partial charge in [0.1, 0.15) is 11.6 Å².